The van der Waals surface area contributed by atoms with E-state index in [0.717, 1.165) is 16.9 Å². The summed E-state index contributed by atoms with van der Waals surface area (Å²) in [6.07, 6.45) is 0. The van der Waals surface area contributed by atoms with Crippen molar-refractivity contribution in [3.8, 4) is 22.8 Å². The lowest BCUT2D eigenvalue weighted by atomic mass is 10.1. The molecule has 0 radical (unpaired) electrons. The van der Waals surface area contributed by atoms with Gasteiger partial charge in [-0.25, -0.2) is 4.63 Å². The third-order valence-corrected chi connectivity index (χ3v) is 3.54. The highest BCUT2D eigenvalue weighted by molar-refractivity contribution is 5.94. The average Bonchev–Trinajstić information content (AvgIpc) is 3.09. The fourth-order valence-corrected chi connectivity index (χ4v) is 2.36. The van der Waals surface area contributed by atoms with Crippen molar-refractivity contribution < 1.29 is 18.9 Å². The number of carbonyl (C=O) groups excluding carboxylic acids is 1. The molecule has 134 valence electrons. The number of benzene rings is 2. The molecule has 26 heavy (non-hydrogen) atoms. The number of ether oxygens (including phenoxy) is 2. The highest BCUT2D eigenvalue weighted by atomic mass is 16.6. The Kier molecular flexibility index (Phi) is 5.48. The molecule has 0 aliphatic rings. The second-order valence-corrected chi connectivity index (χ2v) is 5.57. The molecule has 7 nitrogen and oxygen atoms in total. The molecule has 0 atom stereocenters. The van der Waals surface area contributed by atoms with Crippen LogP contribution in [0.2, 0.25) is 0 Å². The van der Waals surface area contributed by atoms with Crippen molar-refractivity contribution >= 4 is 11.7 Å². The van der Waals surface area contributed by atoms with Gasteiger partial charge in [0.05, 0.1) is 6.61 Å². The standard InChI is InChI=1S/C19H19N3O4/c1-3-24-15-9-7-14(8-10-15)18-19(22-26-21-18)20-17(23)12-25-16-6-4-5-13(2)11-16/h4-11H,3,12H2,1-2H3,(H,20,22,23). The van der Waals surface area contributed by atoms with Gasteiger partial charge in [0.15, 0.2) is 12.3 Å². The van der Waals surface area contributed by atoms with E-state index in [1.807, 2.05) is 56.3 Å². The van der Waals surface area contributed by atoms with Crippen LogP contribution in [0.15, 0.2) is 53.2 Å². The molecule has 0 fully saturated rings. The van der Waals surface area contributed by atoms with E-state index in [4.69, 9.17) is 14.1 Å². The second kappa shape index (κ2) is 8.15. The minimum absolute atomic E-state index is 0.140. The quantitative estimate of drug-likeness (QED) is 0.700. The monoisotopic (exact) mass is 353 g/mol. The molecule has 1 N–H and O–H groups in total. The Balaban J connectivity index is 1.63. The molecule has 0 saturated carbocycles. The first kappa shape index (κ1) is 17.5. The second-order valence-electron chi connectivity index (χ2n) is 5.57. The van der Waals surface area contributed by atoms with E-state index >= 15 is 0 Å². The molecule has 3 aromatic rings. The zero-order valence-corrected chi connectivity index (χ0v) is 14.6. The van der Waals surface area contributed by atoms with Gasteiger partial charge in [0.25, 0.3) is 5.91 Å². The molecule has 7 heteroatoms. The number of nitrogens with one attached hydrogen (secondary N) is 1. The lowest BCUT2D eigenvalue weighted by Crippen LogP contribution is -2.20. The van der Waals surface area contributed by atoms with Crippen molar-refractivity contribution in [3.05, 3.63) is 54.1 Å². The summed E-state index contributed by atoms with van der Waals surface area (Å²) < 4.78 is 15.7. The maximum absolute atomic E-state index is 12.1. The first-order valence-corrected chi connectivity index (χ1v) is 8.21. The number of rotatable bonds is 7. The fourth-order valence-electron chi connectivity index (χ4n) is 2.36. The van der Waals surface area contributed by atoms with Gasteiger partial charge < -0.3 is 14.8 Å². The summed E-state index contributed by atoms with van der Waals surface area (Å²) >= 11 is 0. The molecule has 0 aliphatic carbocycles. The van der Waals surface area contributed by atoms with Crippen LogP contribution in [0.5, 0.6) is 11.5 Å². The van der Waals surface area contributed by atoms with Crippen molar-refractivity contribution in [3.63, 3.8) is 0 Å². The Morgan fingerprint density at radius 3 is 2.62 bits per heavy atom. The highest BCUT2D eigenvalue weighted by Crippen LogP contribution is 2.26. The van der Waals surface area contributed by atoms with Crippen molar-refractivity contribution in [1.82, 2.24) is 10.3 Å². The van der Waals surface area contributed by atoms with E-state index in [0.29, 0.717) is 18.1 Å². The van der Waals surface area contributed by atoms with Gasteiger partial charge in [-0.05, 0) is 66.1 Å². The van der Waals surface area contributed by atoms with Crippen molar-refractivity contribution in [2.75, 3.05) is 18.5 Å². The Labute approximate surface area is 150 Å². The molecule has 1 heterocycles. The van der Waals surface area contributed by atoms with Gasteiger partial charge in [0.2, 0.25) is 5.82 Å². The number of hydrogen-bond donors (Lipinski definition) is 1. The molecular formula is C19H19N3O4. The number of anilines is 1. The van der Waals surface area contributed by atoms with Crippen LogP contribution in [0.3, 0.4) is 0 Å². The predicted octanol–water partition coefficient (Wildman–Crippen LogP) is 3.46. The van der Waals surface area contributed by atoms with E-state index in [9.17, 15) is 4.79 Å². The summed E-state index contributed by atoms with van der Waals surface area (Å²) in [6, 6.07) is 14.8. The molecule has 0 bridgehead atoms. The van der Waals surface area contributed by atoms with E-state index in [1.165, 1.54) is 0 Å². The zero-order chi connectivity index (χ0) is 18.4. The van der Waals surface area contributed by atoms with Crippen molar-refractivity contribution in [1.29, 1.82) is 0 Å². The predicted molar refractivity (Wildman–Crippen MR) is 96.2 cm³/mol. The topological polar surface area (TPSA) is 86.5 Å². The summed E-state index contributed by atoms with van der Waals surface area (Å²) in [6.45, 7) is 4.32. The largest absolute Gasteiger partial charge is 0.494 e. The van der Waals surface area contributed by atoms with Crippen LogP contribution in [0.4, 0.5) is 5.82 Å². The maximum Gasteiger partial charge on any atom is 0.263 e. The van der Waals surface area contributed by atoms with Crippen LogP contribution in [0, 0.1) is 6.92 Å². The van der Waals surface area contributed by atoms with Crippen molar-refractivity contribution in [2.45, 2.75) is 13.8 Å². The Morgan fingerprint density at radius 1 is 1.08 bits per heavy atom. The van der Waals surface area contributed by atoms with Crippen LogP contribution >= 0.6 is 0 Å². The van der Waals surface area contributed by atoms with Gasteiger partial charge >= 0.3 is 0 Å². The molecule has 3 rings (SSSR count). The summed E-state index contributed by atoms with van der Waals surface area (Å²) in [5.41, 5.74) is 2.25. The fraction of sp³-hybridized carbons (Fsp3) is 0.211. The minimum Gasteiger partial charge on any atom is -0.494 e. The third-order valence-electron chi connectivity index (χ3n) is 3.54. The molecule has 0 unspecified atom stereocenters. The van der Waals surface area contributed by atoms with Crippen LogP contribution in [0.1, 0.15) is 12.5 Å². The lowest BCUT2D eigenvalue weighted by molar-refractivity contribution is -0.118. The van der Waals surface area contributed by atoms with Gasteiger partial charge in [-0.3, -0.25) is 4.79 Å². The summed E-state index contributed by atoms with van der Waals surface area (Å²) in [7, 11) is 0. The first-order chi connectivity index (χ1) is 12.7. The van der Waals surface area contributed by atoms with Gasteiger partial charge in [-0.15, -0.1) is 0 Å². The molecule has 1 amide bonds. The van der Waals surface area contributed by atoms with Crippen LogP contribution in [-0.2, 0) is 4.79 Å². The summed E-state index contributed by atoms with van der Waals surface area (Å²) in [5, 5.41) is 10.3. The first-order valence-electron chi connectivity index (χ1n) is 8.21. The molecule has 0 aliphatic heterocycles. The lowest BCUT2D eigenvalue weighted by Gasteiger charge is -2.07. The number of hydrogen-bond acceptors (Lipinski definition) is 6. The molecule has 0 spiro atoms. The average molecular weight is 353 g/mol. The molecule has 1 aromatic heterocycles. The Hall–Kier alpha value is -3.35. The molecular weight excluding hydrogens is 334 g/mol. The zero-order valence-electron chi connectivity index (χ0n) is 14.6. The van der Waals surface area contributed by atoms with Gasteiger partial charge in [-0.2, -0.15) is 0 Å². The maximum atomic E-state index is 12.1. The normalized spacial score (nSPS) is 10.4. The minimum atomic E-state index is -0.352. The smallest absolute Gasteiger partial charge is 0.263 e. The number of nitrogens with zero attached hydrogens (tertiary/aromatic N) is 2. The molecule has 0 saturated heterocycles. The van der Waals surface area contributed by atoms with Gasteiger partial charge in [0, 0.05) is 5.56 Å². The van der Waals surface area contributed by atoms with E-state index < -0.39 is 0 Å². The highest BCUT2D eigenvalue weighted by Gasteiger charge is 2.15. The molecule has 2 aromatic carbocycles. The van der Waals surface area contributed by atoms with Gasteiger partial charge in [-0.1, -0.05) is 12.1 Å². The summed E-state index contributed by atoms with van der Waals surface area (Å²) in [5.74, 6) is 1.27. The van der Waals surface area contributed by atoms with E-state index in [2.05, 4.69) is 15.6 Å². The summed E-state index contributed by atoms with van der Waals surface area (Å²) in [4.78, 5) is 12.1. The van der Waals surface area contributed by atoms with Crippen LogP contribution in [0.25, 0.3) is 11.3 Å². The SMILES string of the molecule is CCOc1ccc(-c2nonc2NC(=O)COc2cccc(C)c2)cc1. The number of aryl methyl sites for hydroxylation is 1. The van der Waals surface area contributed by atoms with E-state index in [-0.39, 0.29) is 18.3 Å². The number of aromatic nitrogens is 2. The number of amides is 1. The van der Waals surface area contributed by atoms with E-state index in [1.54, 1.807) is 6.07 Å². The van der Waals surface area contributed by atoms with Crippen LogP contribution < -0.4 is 14.8 Å². The van der Waals surface area contributed by atoms with Gasteiger partial charge in [0.1, 0.15) is 11.5 Å². The third kappa shape index (κ3) is 4.38. The Morgan fingerprint density at radius 2 is 1.88 bits per heavy atom. The van der Waals surface area contributed by atoms with Crippen LogP contribution in [-0.4, -0.2) is 29.4 Å². The van der Waals surface area contributed by atoms with Crippen molar-refractivity contribution in [2.24, 2.45) is 0 Å². The number of carbonyl (C=O) groups is 1. The Bertz CT molecular complexity index is 875.